The molecule has 2 atom stereocenters. The molecule has 2 fully saturated rings. The SMILES string of the molecule is C[C@@H]1CC(C)(C)C[C@]2(C1)NC(=O)N(CC(=O)Nc1sccc1C(N)=O)C2=O. The second kappa shape index (κ2) is 6.63. The van der Waals surface area contributed by atoms with Gasteiger partial charge in [0.2, 0.25) is 5.91 Å². The van der Waals surface area contributed by atoms with Gasteiger partial charge in [-0.3, -0.25) is 19.3 Å². The summed E-state index contributed by atoms with van der Waals surface area (Å²) in [5, 5.41) is 7.33. The Morgan fingerprint density at radius 3 is 2.70 bits per heavy atom. The van der Waals surface area contributed by atoms with E-state index in [-0.39, 0.29) is 22.8 Å². The van der Waals surface area contributed by atoms with Gasteiger partial charge in [0.1, 0.15) is 17.1 Å². The molecular weight excluding hydrogens is 368 g/mol. The smallest absolute Gasteiger partial charge is 0.325 e. The molecule has 5 amide bonds. The van der Waals surface area contributed by atoms with Crippen LogP contribution in [-0.4, -0.2) is 40.7 Å². The molecule has 0 bridgehead atoms. The highest BCUT2D eigenvalue weighted by Gasteiger charge is 2.56. The van der Waals surface area contributed by atoms with Crippen molar-refractivity contribution in [2.75, 3.05) is 11.9 Å². The molecule has 1 aliphatic heterocycles. The summed E-state index contributed by atoms with van der Waals surface area (Å²) >= 11 is 1.15. The minimum Gasteiger partial charge on any atom is -0.366 e. The maximum atomic E-state index is 13.0. The van der Waals surface area contributed by atoms with E-state index in [0.717, 1.165) is 22.7 Å². The monoisotopic (exact) mass is 392 g/mol. The predicted molar refractivity (Wildman–Crippen MR) is 101 cm³/mol. The Kier molecular flexibility index (Phi) is 4.75. The number of imide groups is 1. The zero-order chi connectivity index (χ0) is 20.0. The highest BCUT2D eigenvalue weighted by atomic mass is 32.1. The van der Waals surface area contributed by atoms with Crippen LogP contribution < -0.4 is 16.4 Å². The summed E-state index contributed by atoms with van der Waals surface area (Å²) in [6, 6.07) is 0.956. The molecule has 2 heterocycles. The Morgan fingerprint density at radius 2 is 2.07 bits per heavy atom. The van der Waals surface area contributed by atoms with Crippen LogP contribution >= 0.6 is 11.3 Å². The summed E-state index contributed by atoms with van der Waals surface area (Å²) in [6.45, 7) is 5.83. The summed E-state index contributed by atoms with van der Waals surface area (Å²) in [4.78, 5) is 50.1. The van der Waals surface area contributed by atoms with Crippen LogP contribution in [0.4, 0.5) is 9.80 Å². The Labute approximate surface area is 161 Å². The van der Waals surface area contributed by atoms with Crippen LogP contribution in [0.25, 0.3) is 0 Å². The number of urea groups is 1. The fourth-order valence-corrected chi connectivity index (χ4v) is 5.37. The molecule has 146 valence electrons. The number of rotatable bonds is 4. The number of nitrogens with one attached hydrogen (secondary N) is 2. The van der Waals surface area contributed by atoms with Gasteiger partial charge in [-0.15, -0.1) is 11.3 Å². The molecule has 1 aliphatic carbocycles. The normalized spacial score (nSPS) is 26.9. The largest absolute Gasteiger partial charge is 0.366 e. The minimum atomic E-state index is -0.945. The van der Waals surface area contributed by atoms with Crippen molar-refractivity contribution in [2.24, 2.45) is 17.1 Å². The number of anilines is 1. The number of nitrogens with zero attached hydrogens (tertiary/aromatic N) is 1. The van der Waals surface area contributed by atoms with Crippen molar-refractivity contribution in [3.8, 4) is 0 Å². The second-order valence-corrected chi connectivity index (χ2v) is 9.25. The molecule has 1 aromatic rings. The first-order chi connectivity index (χ1) is 12.5. The number of carbonyl (C=O) groups is 4. The van der Waals surface area contributed by atoms with Crippen LogP contribution in [0.3, 0.4) is 0 Å². The topological polar surface area (TPSA) is 122 Å². The Hall–Kier alpha value is -2.42. The summed E-state index contributed by atoms with van der Waals surface area (Å²) in [6.07, 6.45) is 2.09. The van der Waals surface area contributed by atoms with Gasteiger partial charge >= 0.3 is 6.03 Å². The number of nitrogens with two attached hydrogens (primary N) is 1. The number of carbonyl (C=O) groups excluding carboxylic acids is 4. The van der Waals surface area contributed by atoms with Crippen molar-refractivity contribution in [3.63, 3.8) is 0 Å². The van der Waals surface area contributed by atoms with Crippen molar-refractivity contribution in [1.29, 1.82) is 0 Å². The lowest BCUT2D eigenvalue weighted by Crippen LogP contribution is -2.54. The van der Waals surface area contributed by atoms with Crippen LogP contribution in [0.5, 0.6) is 0 Å². The van der Waals surface area contributed by atoms with Gasteiger partial charge in [0.15, 0.2) is 0 Å². The van der Waals surface area contributed by atoms with Crippen molar-refractivity contribution in [2.45, 2.75) is 45.6 Å². The quantitative estimate of drug-likeness (QED) is 0.678. The third-order valence-corrected chi connectivity index (χ3v) is 5.94. The molecule has 0 radical (unpaired) electrons. The van der Waals surface area contributed by atoms with Crippen molar-refractivity contribution >= 4 is 40.1 Å². The van der Waals surface area contributed by atoms with Crippen molar-refractivity contribution in [1.82, 2.24) is 10.2 Å². The number of amides is 5. The highest BCUT2D eigenvalue weighted by molar-refractivity contribution is 7.14. The molecule has 0 aromatic carbocycles. The lowest BCUT2D eigenvalue weighted by atomic mass is 9.64. The zero-order valence-electron chi connectivity index (χ0n) is 15.6. The van der Waals surface area contributed by atoms with Crippen LogP contribution in [0.2, 0.25) is 0 Å². The van der Waals surface area contributed by atoms with Crippen LogP contribution in [-0.2, 0) is 9.59 Å². The van der Waals surface area contributed by atoms with Crippen LogP contribution in [0, 0.1) is 11.3 Å². The van der Waals surface area contributed by atoms with Gasteiger partial charge in [0.05, 0.1) is 5.56 Å². The average Bonchev–Trinajstić information content (AvgIpc) is 3.04. The van der Waals surface area contributed by atoms with Crippen LogP contribution in [0.15, 0.2) is 11.4 Å². The summed E-state index contributed by atoms with van der Waals surface area (Å²) in [7, 11) is 0. The van der Waals surface area contributed by atoms with E-state index >= 15 is 0 Å². The number of hydrogen-bond donors (Lipinski definition) is 3. The van der Waals surface area contributed by atoms with E-state index in [1.54, 1.807) is 5.38 Å². The molecule has 9 heteroatoms. The van der Waals surface area contributed by atoms with E-state index in [4.69, 9.17) is 5.73 Å². The molecule has 1 spiro atoms. The number of thiophene rings is 1. The fraction of sp³-hybridized carbons (Fsp3) is 0.556. The Balaban J connectivity index is 1.73. The van der Waals surface area contributed by atoms with E-state index in [1.807, 2.05) is 0 Å². The van der Waals surface area contributed by atoms with E-state index in [1.165, 1.54) is 6.07 Å². The molecule has 1 saturated heterocycles. The summed E-state index contributed by atoms with van der Waals surface area (Å²) in [5.74, 6) is -1.28. The van der Waals surface area contributed by atoms with Gasteiger partial charge < -0.3 is 16.4 Å². The Bertz CT molecular complexity index is 818. The summed E-state index contributed by atoms with van der Waals surface area (Å²) in [5.41, 5.74) is 4.44. The fourth-order valence-electron chi connectivity index (χ4n) is 4.56. The third kappa shape index (κ3) is 3.69. The van der Waals surface area contributed by atoms with Gasteiger partial charge in [0.25, 0.3) is 11.8 Å². The molecule has 3 rings (SSSR count). The maximum absolute atomic E-state index is 13.0. The number of hydrogen-bond acceptors (Lipinski definition) is 5. The lowest BCUT2D eigenvalue weighted by molar-refractivity contribution is -0.136. The zero-order valence-corrected chi connectivity index (χ0v) is 16.4. The first kappa shape index (κ1) is 19.3. The van der Waals surface area contributed by atoms with E-state index in [9.17, 15) is 19.2 Å². The van der Waals surface area contributed by atoms with Gasteiger partial charge in [-0.05, 0) is 42.0 Å². The minimum absolute atomic E-state index is 0.0771. The first-order valence-electron chi connectivity index (χ1n) is 8.84. The average molecular weight is 392 g/mol. The van der Waals surface area contributed by atoms with Gasteiger partial charge in [-0.2, -0.15) is 0 Å². The maximum Gasteiger partial charge on any atom is 0.325 e. The van der Waals surface area contributed by atoms with Crippen molar-refractivity contribution < 1.29 is 19.2 Å². The van der Waals surface area contributed by atoms with Gasteiger partial charge in [0, 0.05) is 0 Å². The Morgan fingerprint density at radius 1 is 1.37 bits per heavy atom. The first-order valence-corrected chi connectivity index (χ1v) is 9.72. The molecule has 2 aliphatic rings. The van der Waals surface area contributed by atoms with Crippen LogP contribution in [0.1, 0.15) is 50.4 Å². The molecule has 8 nitrogen and oxygen atoms in total. The standard InChI is InChI=1S/C18H24N4O4S/c1-10-6-17(2,3)9-18(7-10)15(25)22(16(26)21-18)8-12(23)20-14-11(13(19)24)4-5-27-14/h4-5,10H,6-9H2,1-3H3,(H2,19,24)(H,20,23)(H,21,26)/t10-,18+/m1/s1. The third-order valence-electron chi connectivity index (χ3n) is 5.11. The van der Waals surface area contributed by atoms with Gasteiger partial charge in [-0.25, -0.2) is 4.79 Å². The second-order valence-electron chi connectivity index (χ2n) is 8.33. The highest BCUT2D eigenvalue weighted by Crippen LogP contribution is 2.46. The molecule has 1 saturated carbocycles. The molecule has 4 N–H and O–H groups in total. The number of primary amides is 1. The lowest BCUT2D eigenvalue weighted by Gasteiger charge is -2.43. The molecule has 1 aromatic heterocycles. The van der Waals surface area contributed by atoms with Crippen molar-refractivity contribution in [3.05, 3.63) is 17.0 Å². The summed E-state index contributed by atoms with van der Waals surface area (Å²) < 4.78 is 0. The van der Waals surface area contributed by atoms with E-state index in [2.05, 4.69) is 31.4 Å². The molecular formula is C18H24N4O4S. The molecule has 0 unspecified atom stereocenters. The van der Waals surface area contributed by atoms with Gasteiger partial charge in [-0.1, -0.05) is 20.8 Å². The molecule has 27 heavy (non-hydrogen) atoms. The van der Waals surface area contributed by atoms with E-state index < -0.39 is 29.9 Å². The predicted octanol–water partition coefficient (Wildman–Crippen LogP) is 1.92. The van der Waals surface area contributed by atoms with E-state index in [0.29, 0.717) is 17.8 Å².